The molecular weight excluding hydrogens is 332 g/mol. The van der Waals surface area contributed by atoms with Gasteiger partial charge >= 0.3 is 0 Å². The molecule has 9 heteroatoms. The lowest BCUT2D eigenvalue weighted by Crippen LogP contribution is -2.05. The molecule has 3 aromatic rings. The van der Waals surface area contributed by atoms with Crippen molar-refractivity contribution in [3.8, 4) is 23.1 Å². The molecule has 130 valence electrons. The number of hydrogen-bond acceptors (Lipinski definition) is 8. The number of nitrogens with one attached hydrogen (secondary N) is 1. The van der Waals surface area contributed by atoms with Crippen LogP contribution in [0.15, 0.2) is 55.5 Å². The Morgan fingerprint density at radius 1 is 1.04 bits per heavy atom. The number of imidazole rings is 1. The molecule has 0 saturated carbocycles. The van der Waals surface area contributed by atoms with Gasteiger partial charge in [-0.1, -0.05) is 0 Å². The molecule has 0 saturated heterocycles. The number of carbonyl (C=O) groups excluding carboxylic acids is 1. The first-order chi connectivity index (χ1) is 12.1. The van der Waals surface area contributed by atoms with Gasteiger partial charge in [-0.15, -0.1) is 0 Å². The van der Waals surface area contributed by atoms with Crippen molar-refractivity contribution in [3.63, 3.8) is 0 Å². The molecule has 3 heterocycles. The van der Waals surface area contributed by atoms with E-state index in [2.05, 4.69) is 19.1 Å². The van der Waals surface area contributed by atoms with Gasteiger partial charge in [0.1, 0.15) is 0 Å². The number of aromatic nitrogens is 2. The second kappa shape index (κ2) is 8.29. The summed E-state index contributed by atoms with van der Waals surface area (Å²) in [5.41, 5.74) is -0.592. The number of hydrogen-bond donors (Lipinski definition) is 1. The Labute approximate surface area is 140 Å². The number of methoxy groups -OCH3 is 2. The van der Waals surface area contributed by atoms with Crippen LogP contribution in [0.3, 0.4) is 0 Å². The van der Waals surface area contributed by atoms with E-state index in [0.29, 0.717) is 17.9 Å². The van der Waals surface area contributed by atoms with Crippen LogP contribution in [0.4, 0.5) is 0 Å². The number of nitrogens with zero attached hydrogens (tertiary/aromatic N) is 1. The van der Waals surface area contributed by atoms with Gasteiger partial charge in [-0.3, -0.25) is 14.4 Å². The number of rotatable bonds is 4. The molecule has 0 aliphatic heterocycles. The molecule has 0 fully saturated rings. The van der Waals surface area contributed by atoms with Crippen molar-refractivity contribution in [1.82, 2.24) is 9.97 Å². The van der Waals surface area contributed by atoms with E-state index in [9.17, 15) is 14.4 Å². The van der Waals surface area contributed by atoms with E-state index in [1.165, 1.54) is 32.6 Å². The summed E-state index contributed by atoms with van der Waals surface area (Å²) in [5, 5.41) is 0. The Hall–Kier alpha value is -3.62. The summed E-state index contributed by atoms with van der Waals surface area (Å²) in [6, 6.07) is 2.48. The average molecular weight is 346 g/mol. The molecule has 1 N–H and O–H groups in total. The van der Waals surface area contributed by atoms with Crippen LogP contribution in [-0.4, -0.2) is 30.5 Å². The molecule has 25 heavy (non-hydrogen) atoms. The highest BCUT2D eigenvalue weighted by Crippen LogP contribution is 2.22. The van der Waals surface area contributed by atoms with Gasteiger partial charge in [-0.05, 0) is 0 Å². The quantitative estimate of drug-likeness (QED) is 0.705. The van der Waals surface area contributed by atoms with Crippen molar-refractivity contribution in [2.24, 2.45) is 0 Å². The molecular formula is C16H14N2O7. The predicted molar refractivity (Wildman–Crippen MR) is 86.0 cm³/mol. The van der Waals surface area contributed by atoms with Gasteiger partial charge in [-0.25, -0.2) is 4.98 Å². The fraction of sp³-hybridized carbons (Fsp3) is 0.125. The third kappa shape index (κ3) is 4.02. The number of aromatic amines is 1. The Balaban J connectivity index is 0.000000186. The van der Waals surface area contributed by atoms with Gasteiger partial charge in [0.15, 0.2) is 12.1 Å². The Bertz CT molecular complexity index is 942. The largest absolute Gasteiger partial charge is 0.490 e. The van der Waals surface area contributed by atoms with E-state index in [-0.39, 0.29) is 28.1 Å². The van der Waals surface area contributed by atoms with E-state index in [4.69, 9.17) is 9.15 Å². The molecule has 3 rings (SSSR count). The van der Waals surface area contributed by atoms with E-state index in [1.807, 2.05) is 0 Å². The monoisotopic (exact) mass is 346 g/mol. The van der Waals surface area contributed by atoms with Crippen molar-refractivity contribution in [1.29, 1.82) is 0 Å². The van der Waals surface area contributed by atoms with Gasteiger partial charge in [0.05, 0.1) is 26.7 Å². The van der Waals surface area contributed by atoms with E-state index < -0.39 is 0 Å². The second-order valence-electron chi connectivity index (χ2n) is 4.39. The normalized spacial score (nSPS) is 9.68. The second-order valence-corrected chi connectivity index (χ2v) is 4.39. The van der Waals surface area contributed by atoms with Crippen LogP contribution < -0.4 is 20.3 Å². The molecule has 0 atom stereocenters. The summed E-state index contributed by atoms with van der Waals surface area (Å²) in [6.07, 6.45) is 6.10. The lowest BCUT2D eigenvalue weighted by atomic mass is 10.3. The van der Waals surface area contributed by atoms with Crippen LogP contribution in [0.1, 0.15) is 10.6 Å². The first kappa shape index (κ1) is 17.7. The molecule has 3 aromatic heterocycles. The van der Waals surface area contributed by atoms with Crippen LogP contribution in [-0.2, 0) is 0 Å². The highest BCUT2D eigenvalue weighted by molar-refractivity contribution is 5.74. The summed E-state index contributed by atoms with van der Waals surface area (Å²) in [5.74, 6) is 0.800. The smallest absolute Gasteiger partial charge is 0.227 e. The summed E-state index contributed by atoms with van der Waals surface area (Å²) in [4.78, 5) is 39.3. The van der Waals surface area contributed by atoms with Crippen molar-refractivity contribution >= 4 is 6.29 Å². The van der Waals surface area contributed by atoms with Gasteiger partial charge in [0.25, 0.3) is 0 Å². The molecule has 0 radical (unpaired) electrons. The zero-order chi connectivity index (χ0) is 18.2. The molecule has 0 aliphatic carbocycles. The van der Waals surface area contributed by atoms with E-state index in [0.717, 1.165) is 6.26 Å². The van der Waals surface area contributed by atoms with Crippen LogP contribution >= 0.6 is 0 Å². The first-order valence-corrected chi connectivity index (χ1v) is 6.88. The summed E-state index contributed by atoms with van der Waals surface area (Å²) < 4.78 is 19.4. The molecule has 9 nitrogen and oxygen atoms in total. The minimum Gasteiger partial charge on any atom is -0.490 e. The lowest BCUT2D eigenvalue weighted by Gasteiger charge is -2.02. The van der Waals surface area contributed by atoms with Gasteiger partial charge in [-0.2, -0.15) is 0 Å². The van der Waals surface area contributed by atoms with Crippen molar-refractivity contribution in [3.05, 3.63) is 63.3 Å². The summed E-state index contributed by atoms with van der Waals surface area (Å²) in [6.45, 7) is 0. The van der Waals surface area contributed by atoms with Crippen molar-refractivity contribution < 1.29 is 23.1 Å². The molecule has 0 spiro atoms. The fourth-order valence-electron chi connectivity index (χ4n) is 1.85. The minimum atomic E-state index is -0.360. The van der Waals surface area contributed by atoms with Crippen LogP contribution in [0.5, 0.6) is 11.5 Å². The summed E-state index contributed by atoms with van der Waals surface area (Å²) >= 11 is 0. The number of aldehydes is 1. The molecule has 0 amide bonds. The third-order valence-electron chi connectivity index (χ3n) is 2.93. The lowest BCUT2D eigenvalue weighted by molar-refractivity contribution is 0.109. The van der Waals surface area contributed by atoms with Gasteiger partial charge in [0, 0.05) is 24.5 Å². The first-order valence-electron chi connectivity index (χ1n) is 6.88. The van der Waals surface area contributed by atoms with Gasteiger partial charge in [0.2, 0.25) is 33.9 Å². The highest BCUT2D eigenvalue weighted by Gasteiger charge is 2.13. The van der Waals surface area contributed by atoms with Gasteiger partial charge < -0.3 is 23.3 Å². The molecule has 0 aliphatic rings. The fourth-order valence-corrected chi connectivity index (χ4v) is 1.85. The molecule has 0 bridgehead atoms. The average Bonchev–Trinajstić information content (AvgIpc) is 3.16. The highest BCUT2D eigenvalue weighted by atomic mass is 16.5. The third-order valence-corrected chi connectivity index (χ3v) is 2.93. The van der Waals surface area contributed by atoms with Crippen LogP contribution in [0.2, 0.25) is 0 Å². The van der Waals surface area contributed by atoms with Crippen LogP contribution in [0, 0.1) is 0 Å². The maximum absolute atomic E-state index is 11.3. The SMILES string of the molecule is COc1c(-c2ncc[nH]2)occc1=O.COc1c(C=O)occc1=O. The Morgan fingerprint density at radius 3 is 2.20 bits per heavy atom. The van der Waals surface area contributed by atoms with Crippen LogP contribution in [0.25, 0.3) is 11.6 Å². The van der Waals surface area contributed by atoms with Crippen molar-refractivity contribution in [2.45, 2.75) is 0 Å². The number of ether oxygens (including phenoxy) is 2. The maximum Gasteiger partial charge on any atom is 0.227 e. The van der Waals surface area contributed by atoms with E-state index >= 15 is 0 Å². The zero-order valence-corrected chi connectivity index (χ0v) is 13.3. The van der Waals surface area contributed by atoms with E-state index in [1.54, 1.807) is 12.4 Å². The summed E-state index contributed by atoms with van der Waals surface area (Å²) in [7, 11) is 2.72. The molecule has 0 unspecified atom stereocenters. The zero-order valence-electron chi connectivity index (χ0n) is 13.3. The Kier molecular flexibility index (Phi) is 5.88. The maximum atomic E-state index is 11.3. The standard InChI is InChI=1S/C9H8N2O3.C7H6O4/c1-13-7-6(12)2-5-14-8(7)9-10-3-4-11-9;1-10-7-5(9)2-3-11-6(7)4-8/h2-5H,1H3,(H,10,11);2-4H,1H3. The Morgan fingerprint density at radius 2 is 1.68 bits per heavy atom. The number of carbonyl (C=O) groups is 1. The number of H-pyrrole nitrogens is 1. The molecule has 0 aromatic carbocycles. The predicted octanol–water partition coefficient (Wildman–Crippen LogP) is 1.50. The van der Waals surface area contributed by atoms with Crippen molar-refractivity contribution in [2.75, 3.05) is 14.2 Å². The minimum absolute atomic E-state index is 0.0532. The topological polar surface area (TPSA) is 125 Å².